The van der Waals surface area contributed by atoms with E-state index in [4.69, 9.17) is 0 Å². The fourth-order valence-electron chi connectivity index (χ4n) is 4.31. The molecular formula is C19H23N3O3. The lowest BCUT2D eigenvalue weighted by Crippen LogP contribution is -2.52. The molecule has 0 saturated carbocycles. The van der Waals surface area contributed by atoms with Crippen LogP contribution in [0, 0.1) is 0 Å². The molecule has 3 aliphatic heterocycles. The van der Waals surface area contributed by atoms with Crippen molar-refractivity contribution in [2.45, 2.75) is 44.2 Å². The Hall–Kier alpha value is -2.21. The molecule has 3 amide bonds. The van der Waals surface area contributed by atoms with Gasteiger partial charge in [0, 0.05) is 18.5 Å². The number of likely N-dealkylation sites (tertiary alicyclic amines) is 1. The minimum atomic E-state index is -0.539. The van der Waals surface area contributed by atoms with Gasteiger partial charge in [0.25, 0.3) is 5.91 Å². The molecule has 0 bridgehead atoms. The maximum Gasteiger partial charge on any atom is 0.255 e. The maximum atomic E-state index is 12.9. The van der Waals surface area contributed by atoms with Crippen LogP contribution in [0.5, 0.6) is 0 Å². The van der Waals surface area contributed by atoms with E-state index >= 15 is 0 Å². The Labute approximate surface area is 147 Å². The van der Waals surface area contributed by atoms with Crippen LogP contribution >= 0.6 is 0 Å². The van der Waals surface area contributed by atoms with Crippen LogP contribution in [-0.4, -0.2) is 53.7 Å². The van der Waals surface area contributed by atoms with Gasteiger partial charge in [0.15, 0.2) is 0 Å². The molecule has 6 nitrogen and oxygen atoms in total. The highest BCUT2D eigenvalue weighted by Crippen LogP contribution is 2.36. The number of nitrogens with one attached hydrogen (secondary N) is 1. The van der Waals surface area contributed by atoms with E-state index in [9.17, 15) is 14.4 Å². The molecule has 3 heterocycles. The van der Waals surface area contributed by atoms with Crippen molar-refractivity contribution in [1.29, 1.82) is 0 Å². The molecule has 1 aromatic carbocycles. The highest BCUT2D eigenvalue weighted by atomic mass is 16.2. The number of carbonyl (C=O) groups is 3. The van der Waals surface area contributed by atoms with Gasteiger partial charge >= 0.3 is 0 Å². The first kappa shape index (κ1) is 16.3. The van der Waals surface area contributed by atoms with Crippen molar-refractivity contribution in [3.63, 3.8) is 0 Å². The smallest absolute Gasteiger partial charge is 0.255 e. The molecule has 3 aliphatic rings. The Morgan fingerprint density at radius 1 is 1.08 bits per heavy atom. The van der Waals surface area contributed by atoms with E-state index in [0.29, 0.717) is 25.3 Å². The molecule has 25 heavy (non-hydrogen) atoms. The van der Waals surface area contributed by atoms with E-state index < -0.39 is 6.04 Å². The van der Waals surface area contributed by atoms with Crippen molar-refractivity contribution in [3.05, 3.63) is 34.9 Å². The van der Waals surface area contributed by atoms with Crippen molar-refractivity contribution < 1.29 is 14.4 Å². The highest BCUT2D eigenvalue weighted by Gasteiger charge is 2.40. The van der Waals surface area contributed by atoms with E-state index in [1.165, 1.54) is 5.56 Å². The molecule has 4 rings (SSSR count). The Bertz CT molecular complexity index is 737. The topological polar surface area (TPSA) is 69.7 Å². The Kier molecular flexibility index (Phi) is 4.07. The largest absolute Gasteiger partial charge is 0.322 e. The van der Waals surface area contributed by atoms with Gasteiger partial charge < -0.3 is 9.80 Å². The number of hydrogen-bond donors (Lipinski definition) is 1. The van der Waals surface area contributed by atoms with Gasteiger partial charge in [-0.3, -0.25) is 19.7 Å². The van der Waals surface area contributed by atoms with Crippen molar-refractivity contribution >= 4 is 17.7 Å². The molecular weight excluding hydrogens is 318 g/mol. The first-order valence-electron chi connectivity index (χ1n) is 8.99. The Morgan fingerprint density at radius 3 is 2.56 bits per heavy atom. The van der Waals surface area contributed by atoms with Crippen molar-refractivity contribution in [3.8, 4) is 0 Å². The lowest BCUT2D eigenvalue weighted by Gasteiger charge is -2.31. The fraction of sp³-hybridized carbons (Fsp3) is 0.526. The van der Waals surface area contributed by atoms with E-state index in [-0.39, 0.29) is 17.7 Å². The molecule has 1 atom stereocenters. The van der Waals surface area contributed by atoms with Gasteiger partial charge in [-0.05, 0) is 62.5 Å². The van der Waals surface area contributed by atoms with Crippen LogP contribution in [0.3, 0.4) is 0 Å². The highest BCUT2D eigenvalue weighted by molar-refractivity contribution is 6.05. The van der Waals surface area contributed by atoms with E-state index in [1.54, 1.807) is 4.90 Å². The fourth-order valence-corrected chi connectivity index (χ4v) is 4.31. The SMILES string of the molecule is CN1CCC(c2cccc3c2CN(C2CCC(=O)NC2=O)C3=O)CC1. The molecule has 6 heteroatoms. The third-order valence-corrected chi connectivity index (χ3v) is 5.78. The zero-order valence-corrected chi connectivity index (χ0v) is 14.5. The Balaban J connectivity index is 1.60. The average molecular weight is 341 g/mol. The van der Waals surface area contributed by atoms with Crippen molar-refractivity contribution in [2.75, 3.05) is 20.1 Å². The number of benzene rings is 1. The van der Waals surface area contributed by atoms with Crippen LogP contribution in [0.2, 0.25) is 0 Å². The Morgan fingerprint density at radius 2 is 1.84 bits per heavy atom. The summed E-state index contributed by atoms with van der Waals surface area (Å²) in [5.41, 5.74) is 3.06. The van der Waals surface area contributed by atoms with E-state index in [1.807, 2.05) is 12.1 Å². The van der Waals surface area contributed by atoms with E-state index in [2.05, 4.69) is 23.3 Å². The van der Waals surface area contributed by atoms with Gasteiger partial charge in [-0.2, -0.15) is 0 Å². The minimum Gasteiger partial charge on any atom is -0.322 e. The number of rotatable bonds is 2. The number of fused-ring (bicyclic) bond motifs is 1. The molecule has 1 N–H and O–H groups in total. The molecule has 0 aliphatic carbocycles. The maximum absolute atomic E-state index is 12.9. The molecule has 0 spiro atoms. The van der Waals surface area contributed by atoms with Gasteiger partial charge in [-0.25, -0.2) is 0 Å². The summed E-state index contributed by atoms with van der Waals surface area (Å²) in [6.07, 6.45) is 2.89. The lowest BCUT2D eigenvalue weighted by molar-refractivity contribution is -0.136. The predicted molar refractivity (Wildman–Crippen MR) is 92.0 cm³/mol. The quantitative estimate of drug-likeness (QED) is 0.822. The first-order valence-corrected chi connectivity index (χ1v) is 8.99. The molecule has 0 aromatic heterocycles. The van der Waals surface area contributed by atoms with Gasteiger partial charge in [-0.1, -0.05) is 12.1 Å². The molecule has 1 unspecified atom stereocenters. The summed E-state index contributed by atoms with van der Waals surface area (Å²) in [5.74, 6) is -0.212. The van der Waals surface area contributed by atoms with Crippen LogP contribution in [0.4, 0.5) is 0 Å². The molecule has 132 valence electrons. The average Bonchev–Trinajstić information content (AvgIpc) is 2.93. The monoisotopic (exact) mass is 341 g/mol. The second kappa shape index (κ2) is 6.26. The number of piperidine rings is 2. The predicted octanol–water partition coefficient (Wildman–Crippen LogP) is 1.26. The number of nitrogens with zero attached hydrogens (tertiary/aromatic N) is 2. The van der Waals surface area contributed by atoms with Crippen LogP contribution in [0.25, 0.3) is 0 Å². The minimum absolute atomic E-state index is 0.0840. The molecule has 2 saturated heterocycles. The van der Waals surface area contributed by atoms with Gasteiger partial charge in [-0.15, -0.1) is 0 Å². The number of amides is 3. The van der Waals surface area contributed by atoms with Gasteiger partial charge in [0.1, 0.15) is 6.04 Å². The summed E-state index contributed by atoms with van der Waals surface area (Å²) in [5, 5.41) is 2.36. The number of imide groups is 1. The van der Waals surface area contributed by atoms with Crippen LogP contribution in [0.15, 0.2) is 18.2 Å². The molecule has 0 radical (unpaired) electrons. The third kappa shape index (κ3) is 2.84. The summed E-state index contributed by atoms with van der Waals surface area (Å²) in [7, 11) is 2.14. The lowest BCUT2D eigenvalue weighted by atomic mass is 9.85. The normalized spacial score (nSPS) is 25.2. The summed E-state index contributed by atoms with van der Waals surface area (Å²) >= 11 is 0. The van der Waals surface area contributed by atoms with Crippen LogP contribution in [-0.2, 0) is 16.1 Å². The van der Waals surface area contributed by atoms with Crippen LogP contribution in [0.1, 0.15) is 53.1 Å². The second-order valence-electron chi connectivity index (χ2n) is 7.35. The number of hydrogen-bond acceptors (Lipinski definition) is 4. The van der Waals surface area contributed by atoms with E-state index in [0.717, 1.165) is 37.1 Å². The second-order valence-corrected chi connectivity index (χ2v) is 7.35. The van der Waals surface area contributed by atoms with Crippen molar-refractivity contribution in [1.82, 2.24) is 15.1 Å². The van der Waals surface area contributed by atoms with Gasteiger partial charge in [0.2, 0.25) is 11.8 Å². The summed E-state index contributed by atoms with van der Waals surface area (Å²) in [6.45, 7) is 2.61. The standard InChI is InChI=1S/C19H23N3O3/c1-21-9-7-12(8-10-21)13-3-2-4-14-15(13)11-22(19(14)25)16-5-6-17(23)20-18(16)24/h2-4,12,16H,5-11H2,1H3,(H,20,23,24). The van der Waals surface area contributed by atoms with Gasteiger partial charge in [0.05, 0.1) is 0 Å². The van der Waals surface area contributed by atoms with Crippen LogP contribution < -0.4 is 5.32 Å². The van der Waals surface area contributed by atoms with Crippen molar-refractivity contribution in [2.24, 2.45) is 0 Å². The third-order valence-electron chi connectivity index (χ3n) is 5.78. The molecule has 2 fully saturated rings. The zero-order chi connectivity index (χ0) is 17.6. The number of carbonyl (C=O) groups excluding carboxylic acids is 3. The summed E-state index contributed by atoms with van der Waals surface area (Å²) in [6, 6.07) is 5.42. The first-order chi connectivity index (χ1) is 12.0. The summed E-state index contributed by atoms with van der Waals surface area (Å²) < 4.78 is 0. The summed E-state index contributed by atoms with van der Waals surface area (Å²) in [4.78, 5) is 40.4. The zero-order valence-electron chi connectivity index (χ0n) is 14.5. The molecule has 1 aromatic rings.